The first-order valence-corrected chi connectivity index (χ1v) is 5.65. The number of hydrogen-bond donors (Lipinski definition) is 1. The van der Waals surface area contributed by atoms with Gasteiger partial charge in [0.1, 0.15) is 0 Å². The van der Waals surface area contributed by atoms with E-state index in [1.165, 1.54) is 22.5 Å². The molecule has 0 saturated heterocycles. The van der Waals surface area contributed by atoms with Crippen LogP contribution in [0.15, 0.2) is 42.5 Å². The minimum absolute atomic E-state index is 0.621. The van der Waals surface area contributed by atoms with Crippen LogP contribution in [-0.2, 0) is 0 Å². The Balaban J connectivity index is 2.56. The van der Waals surface area contributed by atoms with Crippen molar-refractivity contribution < 1.29 is 0 Å². The van der Waals surface area contributed by atoms with Gasteiger partial charge in [-0.1, -0.05) is 36.4 Å². The van der Waals surface area contributed by atoms with Crippen molar-refractivity contribution in [1.29, 1.82) is 5.41 Å². The number of fused-ring (bicyclic) bond motifs is 1. The minimum atomic E-state index is 0.621. The highest BCUT2D eigenvalue weighted by atomic mass is 32.2. The molecule has 0 heterocycles. The summed E-state index contributed by atoms with van der Waals surface area (Å²) < 4.78 is 0. The van der Waals surface area contributed by atoms with Crippen LogP contribution in [0.3, 0.4) is 0 Å². The third-order valence-corrected chi connectivity index (χ3v) is 2.86. The maximum atomic E-state index is 7.72. The van der Waals surface area contributed by atoms with Crippen LogP contribution >= 0.6 is 11.8 Å². The zero-order chi connectivity index (χ0) is 9.97. The van der Waals surface area contributed by atoms with E-state index in [4.69, 9.17) is 5.41 Å². The average Bonchev–Trinajstić information content (AvgIpc) is 2.27. The third kappa shape index (κ3) is 1.66. The standard InChI is InChI=1S/C12H11NS/c1-14-12(13)11-7-6-9-4-2-3-5-10(9)8-11/h2-8,13H,1H3. The molecule has 0 saturated carbocycles. The fraction of sp³-hybridized carbons (Fsp3) is 0.0833. The molecule has 0 aliphatic carbocycles. The monoisotopic (exact) mass is 201 g/mol. The van der Waals surface area contributed by atoms with Crippen LogP contribution in [0.1, 0.15) is 5.56 Å². The molecular weight excluding hydrogens is 190 g/mol. The number of rotatable bonds is 1. The normalized spacial score (nSPS) is 10.4. The van der Waals surface area contributed by atoms with E-state index in [0.717, 1.165) is 5.56 Å². The molecule has 1 N–H and O–H groups in total. The molecule has 0 bridgehead atoms. The molecule has 70 valence electrons. The van der Waals surface area contributed by atoms with Gasteiger partial charge in [-0.3, -0.25) is 5.41 Å². The van der Waals surface area contributed by atoms with Crippen LogP contribution in [0.5, 0.6) is 0 Å². The largest absolute Gasteiger partial charge is 0.293 e. The Kier molecular flexibility index (Phi) is 2.55. The maximum absolute atomic E-state index is 7.72. The lowest BCUT2D eigenvalue weighted by molar-refractivity contribution is 1.54. The molecule has 0 spiro atoms. The van der Waals surface area contributed by atoms with Gasteiger partial charge in [0.25, 0.3) is 0 Å². The molecule has 2 aromatic rings. The lowest BCUT2D eigenvalue weighted by Crippen LogP contribution is -1.91. The molecule has 2 rings (SSSR count). The van der Waals surface area contributed by atoms with E-state index in [1.807, 2.05) is 24.5 Å². The van der Waals surface area contributed by atoms with Crippen molar-refractivity contribution in [3.63, 3.8) is 0 Å². The van der Waals surface area contributed by atoms with Gasteiger partial charge in [-0.2, -0.15) is 0 Å². The van der Waals surface area contributed by atoms with Crippen LogP contribution in [-0.4, -0.2) is 11.3 Å². The fourth-order valence-electron chi connectivity index (χ4n) is 1.45. The smallest absolute Gasteiger partial charge is 0.0939 e. The summed E-state index contributed by atoms with van der Waals surface area (Å²) in [6.07, 6.45) is 1.93. The van der Waals surface area contributed by atoms with Crippen molar-refractivity contribution in [3.05, 3.63) is 48.0 Å². The Morgan fingerprint density at radius 3 is 2.50 bits per heavy atom. The van der Waals surface area contributed by atoms with E-state index in [9.17, 15) is 0 Å². The zero-order valence-electron chi connectivity index (χ0n) is 7.95. The third-order valence-electron chi connectivity index (χ3n) is 2.22. The first-order chi connectivity index (χ1) is 6.81. The summed E-state index contributed by atoms with van der Waals surface area (Å²) in [5.41, 5.74) is 0.996. The van der Waals surface area contributed by atoms with Crippen LogP contribution in [0.2, 0.25) is 0 Å². The van der Waals surface area contributed by atoms with Crippen molar-refractivity contribution in [2.45, 2.75) is 0 Å². The molecule has 2 aromatic carbocycles. The molecular formula is C12H11NS. The average molecular weight is 201 g/mol. The Morgan fingerprint density at radius 1 is 1.07 bits per heavy atom. The highest BCUT2D eigenvalue weighted by Crippen LogP contribution is 2.18. The van der Waals surface area contributed by atoms with Crippen LogP contribution < -0.4 is 0 Å². The number of nitrogens with one attached hydrogen (secondary N) is 1. The lowest BCUT2D eigenvalue weighted by atomic mass is 10.1. The topological polar surface area (TPSA) is 23.9 Å². The summed E-state index contributed by atoms with van der Waals surface area (Å²) >= 11 is 1.47. The van der Waals surface area contributed by atoms with Gasteiger partial charge in [-0.25, -0.2) is 0 Å². The second kappa shape index (κ2) is 3.84. The molecule has 0 amide bonds. The molecule has 0 aliphatic rings. The first-order valence-electron chi connectivity index (χ1n) is 4.43. The van der Waals surface area contributed by atoms with Gasteiger partial charge >= 0.3 is 0 Å². The molecule has 2 heteroatoms. The molecule has 1 nitrogen and oxygen atoms in total. The summed E-state index contributed by atoms with van der Waals surface area (Å²) in [4.78, 5) is 0. The summed E-state index contributed by atoms with van der Waals surface area (Å²) in [7, 11) is 0. The highest BCUT2D eigenvalue weighted by molar-refractivity contribution is 8.13. The molecule has 0 radical (unpaired) electrons. The van der Waals surface area contributed by atoms with Crippen molar-refractivity contribution in [3.8, 4) is 0 Å². The van der Waals surface area contributed by atoms with E-state index in [1.54, 1.807) is 0 Å². The Hall–Kier alpha value is -1.28. The van der Waals surface area contributed by atoms with Gasteiger partial charge in [0.05, 0.1) is 5.04 Å². The second-order valence-electron chi connectivity index (χ2n) is 3.10. The Labute approximate surface area is 87.7 Å². The van der Waals surface area contributed by atoms with Gasteiger partial charge in [0.2, 0.25) is 0 Å². The maximum Gasteiger partial charge on any atom is 0.0939 e. The van der Waals surface area contributed by atoms with E-state index >= 15 is 0 Å². The summed E-state index contributed by atoms with van der Waals surface area (Å²) in [5, 5.41) is 10.8. The number of benzene rings is 2. The van der Waals surface area contributed by atoms with Gasteiger partial charge < -0.3 is 0 Å². The van der Waals surface area contributed by atoms with Gasteiger partial charge in [0, 0.05) is 5.56 Å². The Morgan fingerprint density at radius 2 is 1.79 bits per heavy atom. The predicted octanol–water partition coefficient (Wildman–Crippen LogP) is 3.53. The molecule has 0 unspecified atom stereocenters. The van der Waals surface area contributed by atoms with Gasteiger partial charge in [-0.05, 0) is 23.1 Å². The molecule has 0 aromatic heterocycles. The lowest BCUT2D eigenvalue weighted by Gasteiger charge is -2.02. The van der Waals surface area contributed by atoms with Crippen LogP contribution in [0, 0.1) is 5.41 Å². The minimum Gasteiger partial charge on any atom is -0.293 e. The van der Waals surface area contributed by atoms with E-state index in [-0.39, 0.29) is 0 Å². The van der Waals surface area contributed by atoms with Gasteiger partial charge in [0.15, 0.2) is 0 Å². The van der Waals surface area contributed by atoms with Crippen LogP contribution in [0.25, 0.3) is 10.8 Å². The van der Waals surface area contributed by atoms with E-state index < -0.39 is 0 Å². The summed E-state index contributed by atoms with van der Waals surface area (Å²) in [5.74, 6) is 0. The molecule has 0 aliphatic heterocycles. The summed E-state index contributed by atoms with van der Waals surface area (Å²) in [6.45, 7) is 0. The van der Waals surface area contributed by atoms with E-state index in [2.05, 4.69) is 24.3 Å². The first kappa shape index (κ1) is 9.28. The highest BCUT2D eigenvalue weighted by Gasteiger charge is 2.00. The molecule has 0 atom stereocenters. The quantitative estimate of drug-likeness (QED) is 0.554. The molecule has 14 heavy (non-hydrogen) atoms. The van der Waals surface area contributed by atoms with Crippen molar-refractivity contribution in [2.75, 3.05) is 6.26 Å². The zero-order valence-corrected chi connectivity index (χ0v) is 8.77. The van der Waals surface area contributed by atoms with Crippen molar-refractivity contribution >= 4 is 27.6 Å². The number of thioether (sulfide) groups is 1. The fourth-order valence-corrected chi connectivity index (χ4v) is 1.81. The van der Waals surface area contributed by atoms with Crippen LogP contribution in [0.4, 0.5) is 0 Å². The number of hydrogen-bond acceptors (Lipinski definition) is 2. The molecule has 0 fully saturated rings. The SMILES string of the molecule is CSC(=N)c1ccc2ccccc2c1. The summed E-state index contributed by atoms with van der Waals surface area (Å²) in [6, 6.07) is 14.3. The van der Waals surface area contributed by atoms with E-state index in [0.29, 0.717) is 5.04 Å². The van der Waals surface area contributed by atoms with Crippen molar-refractivity contribution in [2.24, 2.45) is 0 Å². The predicted molar refractivity (Wildman–Crippen MR) is 64.3 cm³/mol. The van der Waals surface area contributed by atoms with Gasteiger partial charge in [-0.15, -0.1) is 11.8 Å². The Bertz CT molecular complexity index is 476. The second-order valence-corrected chi connectivity index (χ2v) is 3.91. The van der Waals surface area contributed by atoms with Crippen molar-refractivity contribution in [1.82, 2.24) is 0 Å².